The molecule has 1 aromatic heterocycles. The van der Waals surface area contributed by atoms with E-state index < -0.39 is 11.5 Å². The van der Waals surface area contributed by atoms with Gasteiger partial charge in [-0.25, -0.2) is 4.98 Å². The maximum Gasteiger partial charge on any atom is 0.256 e. The Labute approximate surface area is 305 Å². The molecule has 3 aromatic carbocycles. The topological polar surface area (TPSA) is 121 Å². The molecule has 1 unspecified atom stereocenters. The van der Waals surface area contributed by atoms with E-state index in [1.54, 1.807) is 30.5 Å². The number of thiazole rings is 1. The summed E-state index contributed by atoms with van der Waals surface area (Å²) >= 11 is 1.66. The number of hydrogen-bond donors (Lipinski definition) is 2. The molecule has 0 bridgehead atoms. The third kappa shape index (κ3) is 10.6. The van der Waals surface area contributed by atoms with Crippen LogP contribution in [0.1, 0.15) is 87.4 Å². The van der Waals surface area contributed by atoms with E-state index in [2.05, 4.69) is 73.6 Å². The van der Waals surface area contributed by atoms with Gasteiger partial charge in [-0.15, -0.1) is 11.3 Å². The maximum atomic E-state index is 13.6. The summed E-state index contributed by atoms with van der Waals surface area (Å²) < 4.78 is 7.62. The predicted octanol–water partition coefficient (Wildman–Crippen LogP) is 7.82. The first kappa shape index (κ1) is 39.0. The number of fused-ring (bicyclic) bond motifs is 1. The number of nitrogens with one attached hydrogen (secondary N) is 2. The smallest absolute Gasteiger partial charge is 0.256 e. The molecule has 0 aliphatic carbocycles. The Morgan fingerprint density at radius 2 is 1.69 bits per heavy atom. The first-order chi connectivity index (χ1) is 24.1. The van der Waals surface area contributed by atoms with Gasteiger partial charge in [0, 0.05) is 62.7 Å². The molecule has 3 amide bonds. The van der Waals surface area contributed by atoms with Crippen molar-refractivity contribution < 1.29 is 23.9 Å². The molecule has 11 heteroatoms. The number of benzene rings is 3. The Bertz CT molecular complexity index is 1830. The number of amides is 3. The Morgan fingerprint density at radius 3 is 2.35 bits per heavy atom. The van der Waals surface area contributed by atoms with E-state index in [-0.39, 0.29) is 23.8 Å². The molecule has 0 saturated carbocycles. The van der Waals surface area contributed by atoms with Crippen molar-refractivity contribution in [3.05, 3.63) is 71.8 Å². The predicted molar refractivity (Wildman–Crippen MR) is 207 cm³/mol. The van der Waals surface area contributed by atoms with Crippen molar-refractivity contribution in [3.63, 3.8) is 0 Å². The summed E-state index contributed by atoms with van der Waals surface area (Å²) in [6, 6.07) is 19.4. The van der Waals surface area contributed by atoms with Gasteiger partial charge in [0.15, 0.2) is 6.29 Å². The zero-order chi connectivity index (χ0) is 37.3. The van der Waals surface area contributed by atoms with Crippen LogP contribution in [0.25, 0.3) is 20.8 Å². The summed E-state index contributed by atoms with van der Waals surface area (Å²) in [5.74, 6) is 0.106. The van der Waals surface area contributed by atoms with Gasteiger partial charge in [-0.05, 0) is 100 Å². The van der Waals surface area contributed by atoms with Crippen LogP contribution < -0.4 is 20.3 Å². The van der Waals surface area contributed by atoms with Crippen LogP contribution in [0, 0.1) is 5.41 Å². The summed E-state index contributed by atoms with van der Waals surface area (Å²) in [6.07, 6.45) is 4.08. The second kappa shape index (κ2) is 17.0. The minimum Gasteiger partial charge on any atom is -0.488 e. The van der Waals surface area contributed by atoms with Crippen LogP contribution in [0.4, 0.5) is 11.4 Å². The normalized spacial score (nSPS) is 12.2. The van der Waals surface area contributed by atoms with E-state index in [0.717, 1.165) is 51.5 Å². The van der Waals surface area contributed by atoms with Crippen molar-refractivity contribution in [1.82, 2.24) is 15.2 Å². The monoisotopic (exact) mass is 713 g/mol. The minimum absolute atomic E-state index is 0.0356. The molecule has 0 spiro atoms. The Hall–Kier alpha value is -4.77. The molecule has 4 rings (SSSR count). The second-order valence-electron chi connectivity index (χ2n) is 14.7. The van der Waals surface area contributed by atoms with Gasteiger partial charge in [0.1, 0.15) is 16.4 Å². The molecular weight excluding hydrogens is 663 g/mol. The number of carbonyl (C=O) groups excluding carboxylic acids is 4. The largest absolute Gasteiger partial charge is 0.488 e. The third-order valence-electron chi connectivity index (χ3n) is 9.33. The average Bonchev–Trinajstić information content (AvgIpc) is 3.52. The zero-order valence-electron chi connectivity index (χ0n) is 31.0. The van der Waals surface area contributed by atoms with Crippen molar-refractivity contribution in [2.75, 3.05) is 37.9 Å². The molecule has 1 heterocycles. The number of rotatable bonds is 18. The quantitative estimate of drug-likeness (QED) is 0.100. The number of aromatic nitrogens is 1. The van der Waals surface area contributed by atoms with Gasteiger partial charge in [0.2, 0.25) is 12.3 Å². The standard InChI is InChI=1S/C40H51N5O5S/c1-27(12-19-35(48)42-26-47)45(8)38(49)36-29(25-46)10-9-11-33(36)41-23-22-39(2,3)20-21-40(4,5)50-31-17-18-32-34(24-31)51-37(43-32)28-13-15-30(16-14-28)44(6)7/h9-11,13-18,24-27,41H,12,19-23H2,1-8H3,(H,42,47,48). The van der Waals surface area contributed by atoms with E-state index in [1.807, 2.05) is 39.2 Å². The number of imide groups is 1. The number of ether oxygens (including phenoxy) is 1. The van der Waals surface area contributed by atoms with Crippen molar-refractivity contribution in [2.24, 2.45) is 5.41 Å². The van der Waals surface area contributed by atoms with Crippen LogP contribution in [0.15, 0.2) is 60.7 Å². The van der Waals surface area contributed by atoms with Gasteiger partial charge in [-0.1, -0.05) is 26.0 Å². The number of nitrogens with zero attached hydrogens (tertiary/aromatic N) is 3. The van der Waals surface area contributed by atoms with Crippen LogP contribution in [0.2, 0.25) is 0 Å². The molecular formula is C40H51N5O5S. The highest BCUT2D eigenvalue weighted by Gasteiger charge is 2.27. The Balaban J connectivity index is 1.34. The number of hydrogen-bond acceptors (Lipinski definition) is 9. The number of aldehydes is 1. The molecule has 0 saturated heterocycles. The number of carbonyl (C=O) groups is 4. The summed E-state index contributed by atoms with van der Waals surface area (Å²) in [6.45, 7) is 11.1. The molecule has 10 nitrogen and oxygen atoms in total. The lowest BCUT2D eigenvalue weighted by Gasteiger charge is -2.32. The van der Waals surface area contributed by atoms with Crippen molar-refractivity contribution in [2.45, 2.75) is 78.4 Å². The first-order valence-corrected chi connectivity index (χ1v) is 18.1. The molecule has 1 atom stereocenters. The average molecular weight is 714 g/mol. The van der Waals surface area contributed by atoms with E-state index in [9.17, 15) is 19.2 Å². The zero-order valence-corrected chi connectivity index (χ0v) is 31.9. The molecule has 0 fully saturated rings. The van der Waals surface area contributed by atoms with Gasteiger partial charge in [0.25, 0.3) is 5.91 Å². The fourth-order valence-corrected chi connectivity index (χ4v) is 6.77. The van der Waals surface area contributed by atoms with E-state index in [4.69, 9.17) is 9.72 Å². The van der Waals surface area contributed by atoms with Crippen LogP contribution in [0.3, 0.4) is 0 Å². The molecule has 51 heavy (non-hydrogen) atoms. The first-order valence-electron chi connectivity index (χ1n) is 17.3. The highest BCUT2D eigenvalue weighted by molar-refractivity contribution is 7.21. The van der Waals surface area contributed by atoms with E-state index >= 15 is 0 Å². The highest BCUT2D eigenvalue weighted by Crippen LogP contribution is 2.36. The van der Waals surface area contributed by atoms with Gasteiger partial charge in [0.05, 0.1) is 15.8 Å². The summed E-state index contributed by atoms with van der Waals surface area (Å²) in [5.41, 5.74) is 3.96. The van der Waals surface area contributed by atoms with Gasteiger partial charge in [-0.2, -0.15) is 0 Å². The molecule has 4 aromatic rings. The SMILES string of the molecule is CC(CCC(=O)NC=O)N(C)C(=O)c1c(C=O)cccc1NCCC(C)(C)CCC(C)(C)Oc1ccc2nc(-c3ccc(N(C)C)cc3)sc2c1. The van der Waals surface area contributed by atoms with E-state index in [0.29, 0.717) is 42.5 Å². The third-order valence-corrected chi connectivity index (χ3v) is 10.4. The van der Waals surface area contributed by atoms with Crippen molar-refractivity contribution in [1.29, 1.82) is 0 Å². The van der Waals surface area contributed by atoms with Gasteiger partial charge in [-0.3, -0.25) is 24.5 Å². The van der Waals surface area contributed by atoms with Crippen LogP contribution in [-0.2, 0) is 9.59 Å². The maximum absolute atomic E-state index is 13.6. The number of anilines is 2. The van der Waals surface area contributed by atoms with Crippen LogP contribution in [-0.4, -0.2) is 73.7 Å². The lowest BCUT2D eigenvalue weighted by molar-refractivity contribution is -0.125. The molecule has 272 valence electrons. The fourth-order valence-electron chi connectivity index (χ4n) is 5.77. The van der Waals surface area contributed by atoms with Gasteiger partial charge >= 0.3 is 0 Å². The Kier molecular flexibility index (Phi) is 13.0. The summed E-state index contributed by atoms with van der Waals surface area (Å²) in [4.78, 5) is 56.3. The summed E-state index contributed by atoms with van der Waals surface area (Å²) in [7, 11) is 5.71. The fraction of sp³-hybridized carbons (Fsp3) is 0.425. The lowest BCUT2D eigenvalue weighted by atomic mass is 9.81. The van der Waals surface area contributed by atoms with Crippen LogP contribution >= 0.6 is 11.3 Å². The lowest BCUT2D eigenvalue weighted by Crippen LogP contribution is -2.37. The van der Waals surface area contributed by atoms with Crippen molar-refractivity contribution >= 4 is 57.4 Å². The molecule has 2 N–H and O–H groups in total. The summed E-state index contributed by atoms with van der Waals surface area (Å²) in [5, 5.41) is 6.51. The van der Waals surface area contributed by atoms with Crippen LogP contribution in [0.5, 0.6) is 5.75 Å². The van der Waals surface area contributed by atoms with Gasteiger partial charge < -0.3 is 19.9 Å². The molecule has 0 aliphatic rings. The molecule has 0 radical (unpaired) electrons. The second-order valence-corrected chi connectivity index (χ2v) is 15.7. The highest BCUT2D eigenvalue weighted by atomic mass is 32.1. The van der Waals surface area contributed by atoms with E-state index in [1.165, 1.54) is 4.90 Å². The Morgan fingerprint density at radius 1 is 0.961 bits per heavy atom. The molecule has 0 aliphatic heterocycles. The minimum atomic E-state index is -0.403. The van der Waals surface area contributed by atoms with Crippen molar-refractivity contribution in [3.8, 4) is 16.3 Å².